The summed E-state index contributed by atoms with van der Waals surface area (Å²) >= 11 is 0. The van der Waals surface area contributed by atoms with Crippen LogP contribution < -0.4 is 5.32 Å². The zero-order chi connectivity index (χ0) is 18.1. The van der Waals surface area contributed by atoms with E-state index in [0.29, 0.717) is 5.92 Å². The van der Waals surface area contributed by atoms with Crippen LogP contribution in [0.5, 0.6) is 0 Å². The molecule has 8 nitrogen and oxygen atoms in total. The first-order valence-corrected chi connectivity index (χ1v) is 8.91. The van der Waals surface area contributed by atoms with E-state index in [1.54, 1.807) is 10.9 Å². The number of rotatable bonds is 4. The molecule has 10 heteroatoms. The van der Waals surface area contributed by atoms with Crippen LogP contribution in [0.2, 0.25) is 0 Å². The number of aryl methyl sites for hydroxylation is 1. The SMILES string of the molecule is CNC(C(=O)N1CCC(c2nnc3ccccn23)CC1)c1cnn(C)c1.Cl.Cl. The molecule has 3 aromatic heterocycles. The predicted octanol–water partition coefficient (Wildman–Crippen LogP) is 1.97. The number of hydrogen-bond donors (Lipinski definition) is 1. The molecule has 0 saturated carbocycles. The third-order valence-electron chi connectivity index (χ3n) is 5.11. The third-order valence-corrected chi connectivity index (χ3v) is 5.11. The van der Waals surface area contributed by atoms with Gasteiger partial charge in [-0.15, -0.1) is 35.0 Å². The Kier molecular flexibility index (Phi) is 7.40. The van der Waals surface area contributed by atoms with Crippen molar-refractivity contribution < 1.29 is 4.79 Å². The fraction of sp³-hybridized carbons (Fsp3) is 0.444. The van der Waals surface area contributed by atoms with Crippen molar-refractivity contribution in [2.45, 2.75) is 24.8 Å². The molecule has 0 aliphatic carbocycles. The van der Waals surface area contributed by atoms with Crippen LogP contribution in [0, 0.1) is 0 Å². The molecule has 1 fully saturated rings. The zero-order valence-electron chi connectivity index (χ0n) is 15.9. The fourth-order valence-corrected chi connectivity index (χ4v) is 3.70. The Bertz CT molecular complexity index is 917. The van der Waals surface area contributed by atoms with E-state index >= 15 is 0 Å². The fourth-order valence-electron chi connectivity index (χ4n) is 3.70. The van der Waals surface area contributed by atoms with Gasteiger partial charge in [-0.25, -0.2) is 0 Å². The lowest BCUT2D eigenvalue weighted by molar-refractivity contribution is -0.134. The first-order chi connectivity index (χ1) is 12.7. The first kappa shape index (κ1) is 22.1. The van der Waals surface area contributed by atoms with E-state index in [1.807, 2.05) is 54.0 Å². The Morgan fingerprint density at radius 1 is 1.21 bits per heavy atom. The lowest BCUT2D eigenvalue weighted by Crippen LogP contribution is -2.43. The van der Waals surface area contributed by atoms with E-state index in [-0.39, 0.29) is 36.8 Å². The van der Waals surface area contributed by atoms with Crippen molar-refractivity contribution in [3.8, 4) is 0 Å². The lowest BCUT2D eigenvalue weighted by atomic mass is 9.95. The molecule has 152 valence electrons. The molecule has 0 aromatic carbocycles. The second-order valence-corrected chi connectivity index (χ2v) is 6.76. The number of pyridine rings is 1. The summed E-state index contributed by atoms with van der Waals surface area (Å²) in [6.45, 7) is 1.45. The van der Waals surface area contributed by atoms with Crippen molar-refractivity contribution in [1.29, 1.82) is 0 Å². The number of hydrogen-bond acceptors (Lipinski definition) is 5. The van der Waals surface area contributed by atoms with Gasteiger partial charge >= 0.3 is 0 Å². The summed E-state index contributed by atoms with van der Waals surface area (Å²) in [6, 6.07) is 5.56. The molecule has 1 amide bonds. The maximum Gasteiger partial charge on any atom is 0.244 e. The number of piperidine rings is 1. The largest absolute Gasteiger partial charge is 0.341 e. The molecule has 3 aromatic rings. The monoisotopic (exact) mass is 425 g/mol. The van der Waals surface area contributed by atoms with Crippen LogP contribution in [-0.2, 0) is 11.8 Å². The Morgan fingerprint density at radius 2 is 1.96 bits per heavy atom. The summed E-state index contributed by atoms with van der Waals surface area (Å²) in [4.78, 5) is 14.9. The number of likely N-dealkylation sites (N-methyl/N-ethyl adjacent to an activating group) is 1. The van der Waals surface area contributed by atoms with E-state index in [1.165, 1.54) is 0 Å². The molecule has 1 unspecified atom stereocenters. The van der Waals surface area contributed by atoms with E-state index in [9.17, 15) is 4.79 Å². The van der Waals surface area contributed by atoms with E-state index < -0.39 is 0 Å². The highest BCUT2D eigenvalue weighted by Gasteiger charge is 2.31. The summed E-state index contributed by atoms with van der Waals surface area (Å²) in [5, 5.41) is 15.9. The molecule has 0 bridgehead atoms. The lowest BCUT2D eigenvalue weighted by Gasteiger charge is -2.33. The minimum absolute atomic E-state index is 0. The summed E-state index contributed by atoms with van der Waals surface area (Å²) < 4.78 is 3.77. The maximum atomic E-state index is 12.9. The van der Waals surface area contributed by atoms with Gasteiger partial charge < -0.3 is 10.2 Å². The molecule has 1 aliphatic heterocycles. The predicted molar refractivity (Wildman–Crippen MR) is 111 cm³/mol. The third kappa shape index (κ3) is 4.14. The number of carbonyl (C=O) groups excluding carboxylic acids is 1. The van der Waals surface area contributed by atoms with Crippen LogP contribution in [0.3, 0.4) is 0 Å². The van der Waals surface area contributed by atoms with E-state index in [2.05, 4.69) is 20.6 Å². The van der Waals surface area contributed by atoms with Crippen LogP contribution in [0.15, 0.2) is 36.8 Å². The van der Waals surface area contributed by atoms with Crippen molar-refractivity contribution in [1.82, 2.24) is 34.6 Å². The van der Waals surface area contributed by atoms with Gasteiger partial charge in [-0.2, -0.15) is 5.10 Å². The highest BCUT2D eigenvalue weighted by Crippen LogP contribution is 2.28. The topological polar surface area (TPSA) is 80.3 Å². The first-order valence-electron chi connectivity index (χ1n) is 8.91. The Hall–Kier alpha value is -2.16. The minimum atomic E-state index is -0.353. The second kappa shape index (κ2) is 9.36. The van der Waals surface area contributed by atoms with Gasteiger partial charge in [-0.1, -0.05) is 6.07 Å². The Labute approximate surface area is 176 Å². The quantitative estimate of drug-likeness (QED) is 0.690. The summed E-state index contributed by atoms with van der Waals surface area (Å²) in [5.74, 6) is 1.41. The van der Waals surface area contributed by atoms with Crippen LogP contribution >= 0.6 is 24.8 Å². The van der Waals surface area contributed by atoms with Crippen LogP contribution in [-0.4, -0.2) is 55.3 Å². The molecule has 1 saturated heterocycles. The number of likely N-dealkylation sites (tertiary alicyclic amines) is 1. The van der Waals surface area contributed by atoms with Gasteiger partial charge in [0.2, 0.25) is 5.91 Å². The van der Waals surface area contributed by atoms with Gasteiger partial charge in [0.15, 0.2) is 5.65 Å². The van der Waals surface area contributed by atoms with Gasteiger partial charge in [0.05, 0.1) is 6.20 Å². The normalized spacial score (nSPS) is 15.7. The van der Waals surface area contributed by atoms with Gasteiger partial charge in [0.1, 0.15) is 11.9 Å². The molecule has 4 rings (SSSR count). The van der Waals surface area contributed by atoms with Crippen molar-refractivity contribution in [3.05, 3.63) is 48.2 Å². The zero-order valence-corrected chi connectivity index (χ0v) is 17.5. The average Bonchev–Trinajstić information content (AvgIpc) is 3.29. The minimum Gasteiger partial charge on any atom is -0.341 e. The Morgan fingerprint density at radius 3 is 2.61 bits per heavy atom. The standard InChI is InChI=1S/C18H23N7O.2ClH/c1-19-16(14-11-20-23(2)12-14)18(26)24-9-6-13(7-10-24)17-22-21-15-5-3-4-8-25(15)17;;/h3-5,8,11-13,16,19H,6-7,9-10H2,1-2H3;2*1H. The molecule has 0 radical (unpaired) electrons. The molecule has 4 heterocycles. The highest BCUT2D eigenvalue weighted by atomic mass is 35.5. The van der Waals surface area contributed by atoms with Crippen molar-refractivity contribution >= 4 is 36.4 Å². The maximum absolute atomic E-state index is 12.9. The van der Waals surface area contributed by atoms with Crippen molar-refractivity contribution in [3.63, 3.8) is 0 Å². The Balaban J connectivity index is 0.00000140. The molecule has 28 heavy (non-hydrogen) atoms. The molecule has 0 spiro atoms. The molecular formula is C18H25Cl2N7O. The molecule has 1 aliphatic rings. The van der Waals surface area contributed by atoms with Crippen LogP contribution in [0.25, 0.3) is 5.65 Å². The van der Waals surface area contributed by atoms with Gasteiger partial charge in [0.25, 0.3) is 0 Å². The van der Waals surface area contributed by atoms with Gasteiger partial charge in [-0.3, -0.25) is 13.9 Å². The smallest absolute Gasteiger partial charge is 0.244 e. The number of nitrogens with zero attached hydrogens (tertiary/aromatic N) is 6. The number of carbonyl (C=O) groups is 1. The van der Waals surface area contributed by atoms with Crippen molar-refractivity contribution in [2.75, 3.05) is 20.1 Å². The molecule has 1 atom stereocenters. The van der Waals surface area contributed by atoms with E-state index in [0.717, 1.165) is 43.0 Å². The average molecular weight is 426 g/mol. The summed E-state index contributed by atoms with van der Waals surface area (Å²) in [7, 11) is 3.67. The van der Waals surface area contributed by atoms with Crippen LogP contribution in [0.1, 0.15) is 36.2 Å². The van der Waals surface area contributed by atoms with Gasteiger partial charge in [0, 0.05) is 44.0 Å². The number of nitrogens with one attached hydrogen (secondary N) is 1. The second-order valence-electron chi connectivity index (χ2n) is 6.76. The number of aromatic nitrogens is 5. The molecule has 1 N–H and O–H groups in total. The number of amides is 1. The van der Waals surface area contributed by atoms with Gasteiger partial charge in [-0.05, 0) is 32.0 Å². The van der Waals surface area contributed by atoms with Crippen LogP contribution in [0.4, 0.5) is 0 Å². The number of fused-ring (bicyclic) bond motifs is 1. The number of halogens is 2. The summed E-state index contributed by atoms with van der Waals surface area (Å²) in [6.07, 6.45) is 7.42. The van der Waals surface area contributed by atoms with Crippen molar-refractivity contribution in [2.24, 2.45) is 7.05 Å². The highest BCUT2D eigenvalue weighted by molar-refractivity contribution is 5.85. The molecular weight excluding hydrogens is 401 g/mol. The van der Waals surface area contributed by atoms with E-state index in [4.69, 9.17) is 0 Å². The summed E-state index contributed by atoms with van der Waals surface area (Å²) in [5.41, 5.74) is 1.76.